The van der Waals surface area contributed by atoms with Crippen LogP contribution in [0.15, 0.2) is 18.2 Å². The topological polar surface area (TPSA) is 52.6 Å². The van der Waals surface area contributed by atoms with Crippen molar-refractivity contribution in [1.29, 1.82) is 0 Å². The Morgan fingerprint density at radius 3 is 2.59 bits per heavy atom. The molecule has 0 radical (unpaired) electrons. The van der Waals surface area contributed by atoms with Crippen molar-refractivity contribution >= 4 is 11.9 Å². The Hall–Kier alpha value is -1.91. The first-order chi connectivity index (χ1) is 8.02. The molecule has 17 heavy (non-hydrogen) atoms. The smallest absolute Gasteiger partial charge is 0.308 e. The summed E-state index contributed by atoms with van der Waals surface area (Å²) < 4.78 is 22.9. The third-order valence-corrected chi connectivity index (χ3v) is 1.94. The fourth-order valence-corrected chi connectivity index (χ4v) is 1.14. The summed E-state index contributed by atoms with van der Waals surface area (Å²) in [5.41, 5.74) is 0.500. The second kappa shape index (κ2) is 5.98. The lowest BCUT2D eigenvalue weighted by atomic mass is 10.2. The zero-order valence-corrected chi connectivity index (χ0v) is 9.66. The van der Waals surface area contributed by atoms with Crippen LogP contribution in [0, 0.1) is 5.82 Å². The van der Waals surface area contributed by atoms with E-state index in [0.717, 1.165) is 0 Å². The predicted molar refractivity (Wildman–Crippen MR) is 57.8 cm³/mol. The van der Waals surface area contributed by atoms with Crippen LogP contribution < -0.4 is 4.74 Å². The van der Waals surface area contributed by atoms with E-state index < -0.39 is 11.8 Å². The highest BCUT2D eigenvalue weighted by Gasteiger charge is 2.08. The molecule has 0 spiro atoms. The minimum absolute atomic E-state index is 0.00391. The Labute approximate surface area is 98.3 Å². The summed E-state index contributed by atoms with van der Waals surface area (Å²) in [4.78, 5) is 21.5. The van der Waals surface area contributed by atoms with Gasteiger partial charge in [0.1, 0.15) is 6.61 Å². The molecular formula is C12H13FO4. The Kier molecular flexibility index (Phi) is 4.63. The second-order valence-corrected chi connectivity index (χ2v) is 3.37. The molecule has 0 bridgehead atoms. The normalized spacial score (nSPS) is 9.82. The summed E-state index contributed by atoms with van der Waals surface area (Å²) in [6.07, 6.45) is 0.272. The van der Waals surface area contributed by atoms with Crippen LogP contribution in [0.25, 0.3) is 0 Å². The molecule has 0 aromatic heterocycles. The van der Waals surface area contributed by atoms with Crippen molar-refractivity contribution in [3.63, 3.8) is 0 Å². The number of hydrogen-bond donors (Lipinski definition) is 0. The van der Waals surface area contributed by atoms with E-state index in [1.54, 1.807) is 6.92 Å². The molecule has 0 aliphatic rings. The van der Waals surface area contributed by atoms with Gasteiger partial charge < -0.3 is 9.47 Å². The van der Waals surface area contributed by atoms with Crippen molar-refractivity contribution in [3.05, 3.63) is 29.6 Å². The molecule has 0 fully saturated rings. The largest absolute Gasteiger partial charge is 0.461 e. The Balaban J connectivity index is 2.68. The van der Waals surface area contributed by atoms with Crippen LogP contribution in [0.2, 0.25) is 0 Å². The zero-order chi connectivity index (χ0) is 12.8. The summed E-state index contributed by atoms with van der Waals surface area (Å²) in [6, 6.07) is 4.03. The average Bonchev–Trinajstić information content (AvgIpc) is 2.28. The van der Waals surface area contributed by atoms with E-state index in [2.05, 4.69) is 4.74 Å². The van der Waals surface area contributed by atoms with Crippen LogP contribution in [-0.4, -0.2) is 11.9 Å². The first-order valence-electron chi connectivity index (χ1n) is 5.15. The third-order valence-electron chi connectivity index (χ3n) is 1.94. The molecule has 0 atom stereocenters. The summed E-state index contributed by atoms with van der Waals surface area (Å²) in [5.74, 6) is -1.74. The van der Waals surface area contributed by atoms with Crippen LogP contribution in [0.3, 0.4) is 0 Å². The van der Waals surface area contributed by atoms with Gasteiger partial charge in [-0.25, -0.2) is 4.39 Å². The average molecular weight is 240 g/mol. The zero-order valence-electron chi connectivity index (χ0n) is 9.66. The van der Waals surface area contributed by atoms with Crippen LogP contribution >= 0.6 is 0 Å². The van der Waals surface area contributed by atoms with E-state index in [1.807, 2.05) is 0 Å². The molecule has 0 heterocycles. The van der Waals surface area contributed by atoms with Gasteiger partial charge in [-0.05, 0) is 17.7 Å². The number of esters is 2. The van der Waals surface area contributed by atoms with Crippen LogP contribution in [0.5, 0.6) is 5.75 Å². The van der Waals surface area contributed by atoms with Gasteiger partial charge in [0.15, 0.2) is 11.6 Å². The summed E-state index contributed by atoms with van der Waals surface area (Å²) >= 11 is 0. The summed E-state index contributed by atoms with van der Waals surface area (Å²) in [5, 5.41) is 0. The number of carbonyl (C=O) groups excluding carboxylic acids is 2. The van der Waals surface area contributed by atoms with Gasteiger partial charge in [0, 0.05) is 13.3 Å². The Morgan fingerprint density at radius 1 is 1.35 bits per heavy atom. The van der Waals surface area contributed by atoms with Gasteiger partial charge in [0.2, 0.25) is 0 Å². The fraction of sp³-hybridized carbons (Fsp3) is 0.333. The predicted octanol–water partition coefficient (Wildman–Crippen LogP) is 2.20. The number of carbonyl (C=O) groups is 2. The lowest BCUT2D eigenvalue weighted by molar-refractivity contribution is -0.144. The SMILES string of the molecule is CCC(=O)OCc1ccc(OC(C)=O)c(F)c1. The van der Waals surface area contributed by atoms with Gasteiger partial charge in [0.25, 0.3) is 0 Å². The molecule has 5 heteroatoms. The van der Waals surface area contributed by atoms with Gasteiger partial charge in [-0.15, -0.1) is 0 Å². The van der Waals surface area contributed by atoms with E-state index >= 15 is 0 Å². The van der Waals surface area contributed by atoms with Gasteiger partial charge >= 0.3 is 11.9 Å². The van der Waals surface area contributed by atoms with Crippen molar-refractivity contribution in [2.45, 2.75) is 26.9 Å². The lowest BCUT2D eigenvalue weighted by Crippen LogP contribution is -2.05. The van der Waals surface area contributed by atoms with Crippen LogP contribution in [0.4, 0.5) is 4.39 Å². The van der Waals surface area contributed by atoms with Crippen LogP contribution in [-0.2, 0) is 20.9 Å². The molecule has 1 aromatic carbocycles. The first-order valence-corrected chi connectivity index (χ1v) is 5.15. The lowest BCUT2D eigenvalue weighted by Gasteiger charge is -2.06. The minimum atomic E-state index is -0.662. The van der Waals surface area contributed by atoms with Gasteiger partial charge in [0.05, 0.1) is 0 Å². The van der Waals surface area contributed by atoms with Crippen molar-refractivity contribution in [1.82, 2.24) is 0 Å². The highest BCUT2D eigenvalue weighted by molar-refractivity contribution is 5.69. The highest BCUT2D eigenvalue weighted by Crippen LogP contribution is 2.19. The molecule has 1 rings (SSSR count). The minimum Gasteiger partial charge on any atom is -0.461 e. The molecule has 0 aliphatic carbocycles. The Bertz CT molecular complexity index is 429. The number of ether oxygens (including phenoxy) is 2. The molecule has 92 valence electrons. The number of halogens is 1. The molecule has 0 unspecified atom stereocenters. The molecule has 0 N–H and O–H groups in total. The Morgan fingerprint density at radius 2 is 2.06 bits per heavy atom. The van der Waals surface area contributed by atoms with Crippen molar-refractivity contribution < 1.29 is 23.5 Å². The van der Waals surface area contributed by atoms with E-state index in [1.165, 1.54) is 25.1 Å². The van der Waals surface area contributed by atoms with Gasteiger partial charge in [-0.1, -0.05) is 13.0 Å². The van der Waals surface area contributed by atoms with Gasteiger partial charge in [-0.3, -0.25) is 9.59 Å². The molecule has 0 saturated carbocycles. The summed E-state index contributed by atoms with van der Waals surface area (Å²) in [7, 11) is 0. The molecule has 0 amide bonds. The number of hydrogen-bond acceptors (Lipinski definition) is 4. The third kappa shape index (κ3) is 4.22. The van der Waals surface area contributed by atoms with E-state index in [-0.39, 0.29) is 24.7 Å². The number of benzene rings is 1. The molecule has 4 nitrogen and oxygen atoms in total. The van der Waals surface area contributed by atoms with Crippen molar-refractivity contribution in [2.24, 2.45) is 0 Å². The quantitative estimate of drug-likeness (QED) is 0.598. The van der Waals surface area contributed by atoms with E-state index in [4.69, 9.17) is 4.74 Å². The van der Waals surface area contributed by atoms with Gasteiger partial charge in [-0.2, -0.15) is 0 Å². The maximum Gasteiger partial charge on any atom is 0.308 e. The molecule has 0 saturated heterocycles. The molecule has 1 aromatic rings. The van der Waals surface area contributed by atoms with Crippen molar-refractivity contribution in [3.8, 4) is 5.75 Å². The van der Waals surface area contributed by atoms with E-state index in [9.17, 15) is 14.0 Å². The van der Waals surface area contributed by atoms with Crippen LogP contribution in [0.1, 0.15) is 25.8 Å². The highest BCUT2D eigenvalue weighted by atomic mass is 19.1. The maximum absolute atomic E-state index is 13.4. The summed E-state index contributed by atoms with van der Waals surface area (Å²) in [6.45, 7) is 2.87. The molecule has 0 aliphatic heterocycles. The fourth-order valence-electron chi connectivity index (χ4n) is 1.14. The van der Waals surface area contributed by atoms with E-state index in [0.29, 0.717) is 5.56 Å². The van der Waals surface area contributed by atoms with Crippen molar-refractivity contribution in [2.75, 3.05) is 0 Å². The maximum atomic E-state index is 13.4. The standard InChI is InChI=1S/C12H13FO4/c1-3-12(15)16-7-9-4-5-11(10(13)6-9)17-8(2)14/h4-6H,3,7H2,1-2H3. The first kappa shape index (κ1) is 13.2. The number of rotatable bonds is 4. The second-order valence-electron chi connectivity index (χ2n) is 3.37. The monoisotopic (exact) mass is 240 g/mol. The molecular weight excluding hydrogens is 227 g/mol.